The molecule has 0 amide bonds. The Balaban J connectivity index is 2.07. The van der Waals surface area contributed by atoms with Crippen molar-refractivity contribution in [3.05, 3.63) is 53.2 Å². The van der Waals surface area contributed by atoms with Crippen molar-refractivity contribution in [1.29, 1.82) is 0 Å². The Bertz CT molecular complexity index is 636. The molecule has 0 N–H and O–H groups in total. The lowest BCUT2D eigenvalue weighted by molar-refractivity contribution is -0.661. The van der Waals surface area contributed by atoms with Gasteiger partial charge in [0.1, 0.15) is 7.05 Å². The minimum Gasteiger partial charge on any atom is -0.201 e. The van der Waals surface area contributed by atoms with E-state index < -0.39 is 0 Å². The Morgan fingerprint density at radius 2 is 1.81 bits per heavy atom. The molecule has 0 unspecified atom stereocenters. The van der Waals surface area contributed by atoms with Crippen molar-refractivity contribution in [3.8, 4) is 11.3 Å². The van der Waals surface area contributed by atoms with E-state index >= 15 is 0 Å². The van der Waals surface area contributed by atoms with E-state index in [0.717, 1.165) is 5.92 Å². The highest BCUT2D eigenvalue weighted by Gasteiger charge is 2.23. The van der Waals surface area contributed by atoms with Crippen molar-refractivity contribution in [2.24, 2.45) is 13.0 Å². The summed E-state index contributed by atoms with van der Waals surface area (Å²) in [5.74, 6) is 0.884. The van der Waals surface area contributed by atoms with E-state index in [1.54, 1.807) is 0 Å². The number of hydrogen-bond acceptors (Lipinski definition) is 0. The minimum atomic E-state index is 0.884. The van der Waals surface area contributed by atoms with Crippen LogP contribution in [0.25, 0.3) is 11.3 Å². The van der Waals surface area contributed by atoms with Crippen molar-refractivity contribution in [3.63, 3.8) is 0 Å². The maximum Gasteiger partial charge on any atom is 0.215 e. The van der Waals surface area contributed by atoms with Gasteiger partial charge in [0, 0.05) is 16.7 Å². The smallest absolute Gasteiger partial charge is 0.201 e. The Labute approximate surface area is 128 Å². The molecule has 1 heteroatoms. The van der Waals surface area contributed by atoms with Gasteiger partial charge in [-0.15, -0.1) is 0 Å². The maximum atomic E-state index is 2.40. The summed E-state index contributed by atoms with van der Waals surface area (Å²) in [5.41, 5.74) is 7.05. The van der Waals surface area contributed by atoms with Crippen molar-refractivity contribution < 1.29 is 4.57 Å². The van der Waals surface area contributed by atoms with E-state index in [9.17, 15) is 0 Å². The monoisotopic (exact) mass is 280 g/mol. The summed E-state index contributed by atoms with van der Waals surface area (Å²) in [6.07, 6.45) is 9.14. The molecule has 1 fully saturated rings. The number of aryl methyl sites for hydroxylation is 3. The van der Waals surface area contributed by atoms with Crippen LogP contribution in [0, 0.1) is 19.8 Å². The van der Waals surface area contributed by atoms with Gasteiger partial charge in [0.05, 0.1) is 0 Å². The molecule has 110 valence electrons. The van der Waals surface area contributed by atoms with Gasteiger partial charge in [-0.05, 0) is 43.9 Å². The second-order valence-electron chi connectivity index (χ2n) is 6.67. The summed E-state index contributed by atoms with van der Waals surface area (Å²) in [4.78, 5) is 0. The molecule has 0 radical (unpaired) electrons. The molecule has 1 heterocycles. The highest BCUT2D eigenvalue weighted by atomic mass is 14.9. The van der Waals surface area contributed by atoms with Crippen molar-refractivity contribution in [2.45, 2.75) is 46.0 Å². The molecule has 21 heavy (non-hydrogen) atoms. The molecule has 0 spiro atoms. The number of hydrogen-bond donors (Lipinski definition) is 0. The molecule has 0 atom stereocenters. The average Bonchev–Trinajstić information content (AvgIpc) is 2.93. The van der Waals surface area contributed by atoms with Crippen molar-refractivity contribution >= 4 is 0 Å². The predicted molar refractivity (Wildman–Crippen MR) is 88.2 cm³/mol. The summed E-state index contributed by atoms with van der Waals surface area (Å²) in [7, 11) is 2.19. The second-order valence-corrected chi connectivity index (χ2v) is 6.67. The number of rotatable bonds is 3. The van der Waals surface area contributed by atoms with E-state index in [2.05, 4.69) is 62.0 Å². The molecule has 0 aliphatic heterocycles. The van der Waals surface area contributed by atoms with Gasteiger partial charge in [0.15, 0.2) is 6.20 Å². The van der Waals surface area contributed by atoms with Gasteiger partial charge in [0.2, 0.25) is 5.69 Å². The first-order valence-electron chi connectivity index (χ1n) is 8.20. The third-order valence-electron chi connectivity index (χ3n) is 4.84. The van der Waals surface area contributed by atoms with Gasteiger partial charge in [-0.1, -0.05) is 43.9 Å². The average molecular weight is 280 g/mol. The minimum absolute atomic E-state index is 0.884. The predicted octanol–water partition coefficient (Wildman–Crippen LogP) is 4.53. The summed E-state index contributed by atoms with van der Waals surface area (Å²) < 4.78 is 2.32. The van der Waals surface area contributed by atoms with Crippen LogP contribution in [-0.4, -0.2) is 0 Å². The van der Waals surface area contributed by atoms with Gasteiger partial charge >= 0.3 is 0 Å². The number of aromatic nitrogens is 1. The first-order valence-corrected chi connectivity index (χ1v) is 8.20. The molecule has 1 aliphatic carbocycles. The van der Waals surface area contributed by atoms with Crippen LogP contribution in [0.3, 0.4) is 0 Å². The van der Waals surface area contributed by atoms with Gasteiger partial charge in [0.25, 0.3) is 0 Å². The standard InChI is InChI=1S/C20H26N/c1-15-12-18(13-17-9-5-6-10-17)20(21(3)14-15)19-11-7-4-8-16(19)2/h4,7-8,11-12,14,17H,5-6,9-10,13H2,1-3H3/q+1. The molecule has 1 aromatic heterocycles. The highest BCUT2D eigenvalue weighted by Crippen LogP contribution is 2.32. The van der Waals surface area contributed by atoms with Crippen LogP contribution in [0.4, 0.5) is 0 Å². The summed E-state index contributed by atoms with van der Waals surface area (Å²) >= 11 is 0. The first kappa shape index (κ1) is 14.3. The molecule has 1 saturated carbocycles. The van der Waals surface area contributed by atoms with Gasteiger partial charge in [-0.2, -0.15) is 0 Å². The van der Waals surface area contributed by atoms with Crippen LogP contribution < -0.4 is 4.57 Å². The zero-order valence-electron chi connectivity index (χ0n) is 13.5. The molecule has 0 saturated heterocycles. The van der Waals surface area contributed by atoms with E-state index in [0.29, 0.717) is 0 Å². The van der Waals surface area contributed by atoms with Crippen LogP contribution in [0.2, 0.25) is 0 Å². The first-order chi connectivity index (χ1) is 10.1. The summed E-state index contributed by atoms with van der Waals surface area (Å²) in [6, 6.07) is 11.2. The lowest BCUT2D eigenvalue weighted by Gasteiger charge is -2.14. The van der Waals surface area contributed by atoms with E-state index in [-0.39, 0.29) is 0 Å². The number of pyridine rings is 1. The largest absolute Gasteiger partial charge is 0.215 e. The molecular formula is C20H26N+. The van der Waals surface area contributed by atoms with Gasteiger partial charge in [-0.25, -0.2) is 4.57 Å². The van der Waals surface area contributed by atoms with Gasteiger partial charge in [-0.3, -0.25) is 0 Å². The quantitative estimate of drug-likeness (QED) is 0.727. The third kappa shape index (κ3) is 3.02. The maximum absolute atomic E-state index is 2.40. The van der Waals surface area contributed by atoms with Crippen molar-refractivity contribution in [1.82, 2.24) is 0 Å². The Hall–Kier alpha value is -1.63. The fourth-order valence-corrected chi connectivity index (χ4v) is 3.86. The van der Waals surface area contributed by atoms with E-state index in [4.69, 9.17) is 0 Å². The van der Waals surface area contributed by atoms with Crippen LogP contribution in [0.5, 0.6) is 0 Å². The van der Waals surface area contributed by atoms with E-state index in [1.165, 1.54) is 60.1 Å². The third-order valence-corrected chi connectivity index (χ3v) is 4.84. The molecule has 1 aromatic carbocycles. The Kier molecular flexibility index (Phi) is 4.10. The SMILES string of the molecule is Cc1cc(CC2CCCC2)c(-c2ccccc2C)[n+](C)c1. The molecule has 2 aromatic rings. The molecular weight excluding hydrogens is 254 g/mol. The highest BCUT2D eigenvalue weighted by molar-refractivity contribution is 5.64. The van der Waals surface area contributed by atoms with Crippen LogP contribution in [0.15, 0.2) is 36.5 Å². The zero-order valence-corrected chi connectivity index (χ0v) is 13.5. The van der Waals surface area contributed by atoms with Crippen LogP contribution >= 0.6 is 0 Å². The van der Waals surface area contributed by atoms with Crippen LogP contribution in [0.1, 0.15) is 42.4 Å². The molecule has 1 aliphatic rings. The van der Waals surface area contributed by atoms with Crippen molar-refractivity contribution in [2.75, 3.05) is 0 Å². The number of benzene rings is 1. The normalized spacial score (nSPS) is 15.6. The lowest BCUT2D eigenvalue weighted by atomic mass is 9.92. The Morgan fingerprint density at radius 1 is 1.10 bits per heavy atom. The zero-order chi connectivity index (χ0) is 14.8. The van der Waals surface area contributed by atoms with Gasteiger partial charge < -0.3 is 0 Å². The molecule has 0 bridgehead atoms. The fraction of sp³-hybridized carbons (Fsp3) is 0.450. The van der Waals surface area contributed by atoms with Crippen LogP contribution in [-0.2, 0) is 13.5 Å². The Morgan fingerprint density at radius 3 is 2.52 bits per heavy atom. The topological polar surface area (TPSA) is 3.88 Å². The fourth-order valence-electron chi connectivity index (χ4n) is 3.86. The number of nitrogens with zero attached hydrogens (tertiary/aromatic N) is 1. The summed E-state index contributed by atoms with van der Waals surface area (Å²) in [6.45, 7) is 4.42. The lowest BCUT2D eigenvalue weighted by Crippen LogP contribution is -2.33. The second kappa shape index (κ2) is 6.01. The van der Waals surface area contributed by atoms with E-state index in [1.807, 2.05) is 0 Å². The summed E-state index contributed by atoms with van der Waals surface area (Å²) in [5, 5.41) is 0. The molecule has 3 rings (SSSR count). The molecule has 1 nitrogen and oxygen atoms in total.